The summed E-state index contributed by atoms with van der Waals surface area (Å²) in [6.07, 6.45) is 0.733. The highest BCUT2D eigenvalue weighted by Gasteiger charge is 2.20. The summed E-state index contributed by atoms with van der Waals surface area (Å²) in [6.45, 7) is 6.18. The summed E-state index contributed by atoms with van der Waals surface area (Å²) in [5.74, 6) is 0.323. The average molecular weight is 253 g/mol. The largest absolute Gasteiger partial charge is 0.465 e. The highest BCUT2D eigenvalue weighted by molar-refractivity contribution is 5.93. The van der Waals surface area contributed by atoms with Crippen LogP contribution in [0.5, 0.6) is 0 Å². The van der Waals surface area contributed by atoms with Crippen molar-refractivity contribution in [1.82, 2.24) is 4.90 Å². The molecule has 0 aliphatic heterocycles. The Kier molecular flexibility index (Phi) is 5.42. The predicted octanol–water partition coefficient (Wildman–Crippen LogP) is 1.87. The van der Waals surface area contributed by atoms with Crippen LogP contribution in [0.2, 0.25) is 0 Å². The van der Waals surface area contributed by atoms with Gasteiger partial charge in [-0.1, -0.05) is 6.92 Å². The molecular weight excluding hydrogens is 234 g/mol. The maximum absolute atomic E-state index is 12.1. The number of rotatable bonds is 6. The number of likely N-dealkylation sites (N-methyl/N-ethyl adjacent to an activating group) is 1. The van der Waals surface area contributed by atoms with Gasteiger partial charge < -0.3 is 14.1 Å². The summed E-state index contributed by atoms with van der Waals surface area (Å²) in [5, 5.41) is 0. The smallest absolute Gasteiger partial charge is 0.325 e. The van der Waals surface area contributed by atoms with Crippen molar-refractivity contribution in [1.29, 1.82) is 0 Å². The topological polar surface area (TPSA) is 59.8 Å². The monoisotopic (exact) mass is 253 g/mol. The van der Waals surface area contributed by atoms with Crippen LogP contribution in [0.25, 0.3) is 0 Å². The molecule has 0 atom stereocenters. The number of ether oxygens (including phenoxy) is 1. The fraction of sp³-hybridized carbons (Fsp3) is 0.538. The lowest BCUT2D eigenvalue weighted by Gasteiger charge is -2.18. The molecule has 0 aliphatic rings. The minimum atomic E-state index is -0.407. The van der Waals surface area contributed by atoms with Crippen molar-refractivity contribution in [3.05, 3.63) is 23.7 Å². The van der Waals surface area contributed by atoms with Gasteiger partial charge in [0.15, 0.2) is 5.76 Å². The molecule has 0 aliphatic carbocycles. The Morgan fingerprint density at radius 1 is 1.28 bits per heavy atom. The van der Waals surface area contributed by atoms with E-state index in [9.17, 15) is 9.59 Å². The second-order valence-corrected chi connectivity index (χ2v) is 3.74. The lowest BCUT2D eigenvalue weighted by Crippen LogP contribution is -2.36. The summed E-state index contributed by atoms with van der Waals surface area (Å²) < 4.78 is 10.2. The molecule has 1 rings (SSSR count). The van der Waals surface area contributed by atoms with E-state index in [4.69, 9.17) is 9.15 Å². The Bertz CT molecular complexity index is 411. The molecule has 0 saturated heterocycles. The number of carbonyl (C=O) groups is 2. The van der Waals surface area contributed by atoms with Gasteiger partial charge in [0.25, 0.3) is 5.91 Å². The van der Waals surface area contributed by atoms with Crippen LogP contribution in [0, 0.1) is 0 Å². The molecule has 5 heteroatoms. The van der Waals surface area contributed by atoms with Crippen molar-refractivity contribution in [2.75, 3.05) is 19.7 Å². The maximum Gasteiger partial charge on any atom is 0.325 e. The van der Waals surface area contributed by atoms with E-state index < -0.39 is 5.97 Å². The van der Waals surface area contributed by atoms with Gasteiger partial charge in [-0.05, 0) is 26.0 Å². The van der Waals surface area contributed by atoms with Crippen molar-refractivity contribution in [2.45, 2.75) is 27.2 Å². The predicted molar refractivity (Wildman–Crippen MR) is 66.3 cm³/mol. The normalized spacial score (nSPS) is 10.2. The Hall–Kier alpha value is -1.78. The molecule has 0 saturated carbocycles. The molecule has 0 N–H and O–H groups in total. The first-order chi connectivity index (χ1) is 8.62. The molecule has 0 radical (unpaired) electrons. The summed E-state index contributed by atoms with van der Waals surface area (Å²) >= 11 is 0. The fourth-order valence-electron chi connectivity index (χ4n) is 1.53. The molecule has 0 fully saturated rings. The van der Waals surface area contributed by atoms with E-state index in [-0.39, 0.29) is 18.2 Å². The molecule has 0 bridgehead atoms. The van der Waals surface area contributed by atoms with E-state index in [0.29, 0.717) is 13.2 Å². The molecule has 1 aromatic rings. The van der Waals surface area contributed by atoms with Crippen LogP contribution < -0.4 is 0 Å². The molecule has 1 heterocycles. The third kappa shape index (κ3) is 3.61. The zero-order valence-corrected chi connectivity index (χ0v) is 11.1. The number of aryl methyl sites for hydroxylation is 1. The summed E-state index contributed by atoms with van der Waals surface area (Å²) in [7, 11) is 0. The van der Waals surface area contributed by atoms with E-state index in [0.717, 1.165) is 12.2 Å². The van der Waals surface area contributed by atoms with E-state index in [1.807, 2.05) is 6.92 Å². The zero-order chi connectivity index (χ0) is 13.5. The lowest BCUT2D eigenvalue weighted by atomic mass is 10.3. The summed E-state index contributed by atoms with van der Waals surface area (Å²) in [4.78, 5) is 24.8. The molecule has 1 aromatic heterocycles. The summed E-state index contributed by atoms with van der Waals surface area (Å²) in [6, 6.07) is 3.40. The van der Waals surface area contributed by atoms with Gasteiger partial charge in [-0.15, -0.1) is 0 Å². The number of hydrogen-bond donors (Lipinski definition) is 0. The Balaban J connectivity index is 2.69. The van der Waals surface area contributed by atoms with Crippen molar-refractivity contribution in [2.24, 2.45) is 0 Å². The first-order valence-corrected chi connectivity index (χ1v) is 6.15. The van der Waals surface area contributed by atoms with Gasteiger partial charge in [-0.2, -0.15) is 0 Å². The number of amides is 1. The van der Waals surface area contributed by atoms with E-state index in [2.05, 4.69) is 0 Å². The van der Waals surface area contributed by atoms with Crippen LogP contribution in [0.1, 0.15) is 37.1 Å². The number of furan rings is 1. The van der Waals surface area contributed by atoms with E-state index >= 15 is 0 Å². The quantitative estimate of drug-likeness (QED) is 0.726. The highest BCUT2D eigenvalue weighted by atomic mass is 16.5. The lowest BCUT2D eigenvalue weighted by molar-refractivity contribution is -0.143. The molecule has 0 aromatic carbocycles. The molecule has 0 spiro atoms. The third-order valence-corrected chi connectivity index (χ3v) is 2.52. The van der Waals surface area contributed by atoms with Crippen LogP contribution in [0.4, 0.5) is 0 Å². The van der Waals surface area contributed by atoms with Crippen molar-refractivity contribution < 1.29 is 18.7 Å². The second-order valence-electron chi connectivity index (χ2n) is 3.74. The Morgan fingerprint density at radius 3 is 2.50 bits per heavy atom. The van der Waals surface area contributed by atoms with Crippen LogP contribution in [-0.2, 0) is 16.0 Å². The van der Waals surface area contributed by atoms with Crippen LogP contribution in [-0.4, -0.2) is 36.5 Å². The van der Waals surface area contributed by atoms with Gasteiger partial charge in [0.2, 0.25) is 0 Å². The molecule has 0 unspecified atom stereocenters. The van der Waals surface area contributed by atoms with Crippen molar-refractivity contribution >= 4 is 11.9 Å². The number of hydrogen-bond acceptors (Lipinski definition) is 4. The number of carbonyl (C=O) groups excluding carboxylic acids is 2. The first kappa shape index (κ1) is 14.3. The minimum absolute atomic E-state index is 0.0503. The van der Waals surface area contributed by atoms with E-state index in [1.54, 1.807) is 26.0 Å². The van der Waals surface area contributed by atoms with Crippen molar-refractivity contribution in [3.63, 3.8) is 0 Å². The third-order valence-electron chi connectivity index (χ3n) is 2.52. The second kappa shape index (κ2) is 6.83. The maximum atomic E-state index is 12.1. The standard InChI is InChI=1S/C13H19NO4/c1-4-10-7-8-11(18-10)13(16)14(5-2)9-12(15)17-6-3/h7-8H,4-6,9H2,1-3H3. The average Bonchev–Trinajstić information content (AvgIpc) is 2.84. The van der Waals surface area contributed by atoms with Gasteiger partial charge in [0.05, 0.1) is 6.61 Å². The molecule has 18 heavy (non-hydrogen) atoms. The van der Waals surface area contributed by atoms with Gasteiger partial charge in [0.1, 0.15) is 12.3 Å². The van der Waals surface area contributed by atoms with Gasteiger partial charge in [0, 0.05) is 13.0 Å². The number of nitrogens with zero attached hydrogens (tertiary/aromatic N) is 1. The van der Waals surface area contributed by atoms with E-state index in [1.165, 1.54) is 4.90 Å². The number of esters is 1. The van der Waals surface area contributed by atoms with Crippen molar-refractivity contribution in [3.8, 4) is 0 Å². The Labute approximate surface area is 107 Å². The SMILES string of the molecule is CCOC(=O)CN(CC)C(=O)c1ccc(CC)o1. The molecule has 5 nitrogen and oxygen atoms in total. The summed E-state index contributed by atoms with van der Waals surface area (Å²) in [5.41, 5.74) is 0. The van der Waals surface area contributed by atoms with Crippen LogP contribution in [0.15, 0.2) is 16.5 Å². The zero-order valence-electron chi connectivity index (χ0n) is 11.1. The van der Waals surface area contributed by atoms with Crippen LogP contribution in [0.3, 0.4) is 0 Å². The van der Waals surface area contributed by atoms with Gasteiger partial charge in [-0.25, -0.2) is 0 Å². The molecule has 1 amide bonds. The minimum Gasteiger partial charge on any atom is -0.465 e. The Morgan fingerprint density at radius 2 is 2.00 bits per heavy atom. The fourth-order valence-corrected chi connectivity index (χ4v) is 1.53. The first-order valence-electron chi connectivity index (χ1n) is 6.15. The van der Waals surface area contributed by atoms with Gasteiger partial charge in [-0.3, -0.25) is 9.59 Å². The highest BCUT2D eigenvalue weighted by Crippen LogP contribution is 2.11. The van der Waals surface area contributed by atoms with Gasteiger partial charge >= 0.3 is 5.97 Å². The molecular formula is C13H19NO4. The molecule has 100 valence electrons. The van der Waals surface area contributed by atoms with Crippen LogP contribution >= 0.6 is 0 Å².